The minimum absolute atomic E-state index is 0.00446. The number of benzene rings is 2. The molecule has 0 saturated heterocycles. The predicted molar refractivity (Wildman–Crippen MR) is 111 cm³/mol. The van der Waals surface area contributed by atoms with Crippen LogP contribution in [0.15, 0.2) is 48.5 Å². The van der Waals surface area contributed by atoms with Crippen LogP contribution in [0.5, 0.6) is 5.75 Å². The van der Waals surface area contributed by atoms with Gasteiger partial charge < -0.3 is 10.1 Å². The maximum atomic E-state index is 12.4. The monoisotopic (exact) mass is 442 g/mol. The molecule has 2 heterocycles. The van der Waals surface area contributed by atoms with Crippen molar-refractivity contribution < 1.29 is 19.1 Å². The number of amides is 3. The Labute approximate surface area is 180 Å². The third kappa shape index (κ3) is 4.17. The maximum absolute atomic E-state index is 12.4. The average molecular weight is 443 g/mol. The van der Waals surface area contributed by atoms with Crippen molar-refractivity contribution >= 4 is 45.8 Å². The lowest BCUT2D eigenvalue weighted by Crippen LogP contribution is -2.29. The Bertz CT molecular complexity index is 1100. The number of para-hydroxylation sites is 1. The van der Waals surface area contributed by atoms with Crippen molar-refractivity contribution in [1.82, 2.24) is 15.1 Å². The van der Waals surface area contributed by atoms with Crippen molar-refractivity contribution in [3.05, 3.63) is 69.7 Å². The molecule has 152 valence electrons. The summed E-state index contributed by atoms with van der Waals surface area (Å²) in [5, 5.41) is 11.7. The van der Waals surface area contributed by atoms with Gasteiger partial charge in [0.15, 0.2) is 0 Å². The molecule has 4 rings (SSSR count). The van der Waals surface area contributed by atoms with Gasteiger partial charge in [0.1, 0.15) is 10.8 Å². The number of nitrogens with one attached hydrogen (secondary N) is 1. The van der Waals surface area contributed by atoms with E-state index in [2.05, 4.69) is 15.5 Å². The van der Waals surface area contributed by atoms with Crippen LogP contribution in [-0.4, -0.2) is 39.4 Å². The fourth-order valence-electron chi connectivity index (χ4n) is 2.88. The summed E-state index contributed by atoms with van der Waals surface area (Å²) in [6.45, 7) is 0.145. The number of anilines is 1. The molecule has 8 nitrogen and oxygen atoms in total. The maximum Gasteiger partial charge on any atom is 0.261 e. The first-order valence-corrected chi connectivity index (χ1v) is 10.2. The molecule has 1 aliphatic rings. The second kappa shape index (κ2) is 8.60. The minimum Gasteiger partial charge on any atom is -0.491 e. The molecule has 3 amide bonds. The first kappa shape index (κ1) is 20.0. The lowest BCUT2D eigenvalue weighted by molar-refractivity contribution is -0.116. The topological polar surface area (TPSA) is 101 Å². The number of hydrogen-bond donors (Lipinski definition) is 1. The number of rotatable bonds is 7. The third-order valence-corrected chi connectivity index (χ3v) is 5.44. The second-order valence-corrected chi connectivity index (χ2v) is 7.79. The number of halogens is 1. The van der Waals surface area contributed by atoms with Crippen molar-refractivity contribution in [2.75, 3.05) is 11.9 Å². The van der Waals surface area contributed by atoms with Crippen LogP contribution in [0.2, 0.25) is 5.02 Å². The van der Waals surface area contributed by atoms with E-state index in [-0.39, 0.29) is 42.4 Å². The molecular weight excluding hydrogens is 428 g/mol. The van der Waals surface area contributed by atoms with Gasteiger partial charge in [-0.1, -0.05) is 47.2 Å². The van der Waals surface area contributed by atoms with E-state index in [1.807, 2.05) is 0 Å². The highest BCUT2D eigenvalue weighted by Crippen LogP contribution is 2.26. The molecule has 0 fully saturated rings. The number of carbonyl (C=O) groups is 3. The van der Waals surface area contributed by atoms with Crippen LogP contribution in [0.4, 0.5) is 5.13 Å². The Balaban J connectivity index is 1.30. The van der Waals surface area contributed by atoms with Crippen LogP contribution >= 0.6 is 22.9 Å². The normalized spacial score (nSPS) is 12.8. The van der Waals surface area contributed by atoms with Crippen LogP contribution in [0.25, 0.3) is 0 Å². The highest BCUT2D eigenvalue weighted by molar-refractivity contribution is 7.15. The molecule has 1 N–H and O–H groups in total. The predicted octanol–water partition coefficient (Wildman–Crippen LogP) is 3.40. The first-order chi connectivity index (χ1) is 14.5. The average Bonchev–Trinajstić information content (AvgIpc) is 3.28. The van der Waals surface area contributed by atoms with E-state index in [1.165, 1.54) is 0 Å². The minimum atomic E-state index is -0.367. The Morgan fingerprint density at radius 1 is 1.03 bits per heavy atom. The molecule has 3 aromatic rings. The van der Waals surface area contributed by atoms with Crippen LogP contribution < -0.4 is 10.1 Å². The van der Waals surface area contributed by atoms with E-state index in [1.54, 1.807) is 48.5 Å². The van der Waals surface area contributed by atoms with Gasteiger partial charge in [-0.15, -0.1) is 10.2 Å². The van der Waals surface area contributed by atoms with Gasteiger partial charge in [0.05, 0.1) is 35.7 Å². The Hall–Kier alpha value is -3.30. The van der Waals surface area contributed by atoms with E-state index in [9.17, 15) is 14.4 Å². The van der Waals surface area contributed by atoms with Crippen LogP contribution in [0.3, 0.4) is 0 Å². The standard InChI is InChI=1S/C20H15ClN4O4S/c21-14-7-3-4-8-15(14)29-10-9-16(26)22-20-24-23-17(30-20)11-25-18(27)12-5-1-2-6-13(12)19(25)28/h1-8H,9-11H2,(H,22,24,26). The van der Waals surface area contributed by atoms with Crippen molar-refractivity contribution in [1.29, 1.82) is 0 Å². The summed E-state index contributed by atoms with van der Waals surface area (Å²) >= 11 is 7.10. The molecule has 0 spiro atoms. The summed E-state index contributed by atoms with van der Waals surface area (Å²) < 4.78 is 5.49. The van der Waals surface area contributed by atoms with Gasteiger partial charge in [-0.2, -0.15) is 0 Å². The zero-order valence-corrected chi connectivity index (χ0v) is 17.1. The van der Waals surface area contributed by atoms with Crippen LogP contribution in [0, 0.1) is 0 Å². The fraction of sp³-hybridized carbons (Fsp3) is 0.150. The molecule has 0 aliphatic carbocycles. The number of aromatic nitrogens is 2. The molecule has 0 saturated carbocycles. The van der Waals surface area contributed by atoms with Gasteiger partial charge in [0.25, 0.3) is 11.8 Å². The van der Waals surface area contributed by atoms with Gasteiger partial charge in [0, 0.05) is 0 Å². The molecular formula is C20H15ClN4O4S. The first-order valence-electron chi connectivity index (χ1n) is 8.97. The van der Waals surface area contributed by atoms with E-state index in [0.717, 1.165) is 16.2 Å². The summed E-state index contributed by atoms with van der Waals surface area (Å²) in [4.78, 5) is 38.1. The van der Waals surface area contributed by atoms with Crippen molar-refractivity contribution in [3.8, 4) is 5.75 Å². The lowest BCUT2D eigenvalue weighted by Gasteiger charge is -2.10. The molecule has 1 aliphatic heterocycles. The number of hydrogen-bond acceptors (Lipinski definition) is 7. The van der Waals surface area contributed by atoms with E-state index in [4.69, 9.17) is 16.3 Å². The molecule has 0 radical (unpaired) electrons. The summed E-state index contributed by atoms with van der Waals surface area (Å²) in [6.07, 6.45) is 0.0958. The molecule has 0 atom stereocenters. The van der Waals surface area contributed by atoms with Gasteiger partial charge in [-0.25, -0.2) is 0 Å². The number of carbonyl (C=O) groups excluding carboxylic acids is 3. The fourth-order valence-corrected chi connectivity index (χ4v) is 3.82. The highest BCUT2D eigenvalue weighted by Gasteiger charge is 2.35. The zero-order chi connectivity index (χ0) is 21.1. The van der Waals surface area contributed by atoms with Gasteiger partial charge >= 0.3 is 0 Å². The summed E-state index contributed by atoms with van der Waals surface area (Å²) in [6, 6.07) is 13.7. The number of nitrogens with zero attached hydrogens (tertiary/aromatic N) is 3. The molecule has 0 unspecified atom stereocenters. The van der Waals surface area contributed by atoms with Gasteiger partial charge in [0.2, 0.25) is 11.0 Å². The summed E-state index contributed by atoms with van der Waals surface area (Å²) in [5.41, 5.74) is 0.748. The van der Waals surface area contributed by atoms with E-state index in [0.29, 0.717) is 26.9 Å². The quantitative estimate of drug-likeness (QED) is 0.563. The number of fused-ring (bicyclic) bond motifs is 1. The van der Waals surface area contributed by atoms with Crippen molar-refractivity contribution in [2.24, 2.45) is 0 Å². The largest absolute Gasteiger partial charge is 0.491 e. The third-order valence-electron chi connectivity index (χ3n) is 4.31. The van der Waals surface area contributed by atoms with Crippen molar-refractivity contribution in [3.63, 3.8) is 0 Å². The van der Waals surface area contributed by atoms with E-state index >= 15 is 0 Å². The Morgan fingerprint density at radius 2 is 1.70 bits per heavy atom. The molecule has 1 aromatic heterocycles. The summed E-state index contributed by atoms with van der Waals surface area (Å²) in [5.74, 6) is -0.530. The zero-order valence-electron chi connectivity index (χ0n) is 15.5. The SMILES string of the molecule is O=C(CCOc1ccccc1Cl)Nc1nnc(CN2C(=O)c3ccccc3C2=O)s1. The van der Waals surface area contributed by atoms with Crippen LogP contribution in [-0.2, 0) is 11.3 Å². The molecule has 10 heteroatoms. The Kier molecular flexibility index (Phi) is 5.73. The van der Waals surface area contributed by atoms with E-state index < -0.39 is 0 Å². The second-order valence-electron chi connectivity index (χ2n) is 6.32. The van der Waals surface area contributed by atoms with Gasteiger partial charge in [-0.3, -0.25) is 19.3 Å². The van der Waals surface area contributed by atoms with Gasteiger partial charge in [-0.05, 0) is 24.3 Å². The summed E-state index contributed by atoms with van der Waals surface area (Å²) in [7, 11) is 0. The lowest BCUT2D eigenvalue weighted by atomic mass is 10.1. The molecule has 2 aromatic carbocycles. The molecule has 0 bridgehead atoms. The number of ether oxygens (including phenoxy) is 1. The number of imide groups is 1. The molecule has 30 heavy (non-hydrogen) atoms. The smallest absolute Gasteiger partial charge is 0.261 e. The Morgan fingerprint density at radius 3 is 2.40 bits per heavy atom. The highest BCUT2D eigenvalue weighted by atomic mass is 35.5. The van der Waals surface area contributed by atoms with Crippen molar-refractivity contribution in [2.45, 2.75) is 13.0 Å². The van der Waals surface area contributed by atoms with Crippen LogP contribution in [0.1, 0.15) is 32.1 Å².